The van der Waals surface area contributed by atoms with Crippen LogP contribution in [0.15, 0.2) is 46.9 Å². The molecular formula is C14H10BrFN2O3. The summed E-state index contributed by atoms with van der Waals surface area (Å²) in [4.78, 5) is 23.9. The zero-order valence-electron chi connectivity index (χ0n) is 10.9. The van der Waals surface area contributed by atoms with Crippen LogP contribution in [0, 0.1) is 15.9 Å². The number of non-ortho nitro benzene ring substituents is 1. The van der Waals surface area contributed by atoms with Crippen molar-refractivity contribution in [1.29, 1.82) is 0 Å². The molecular weight excluding hydrogens is 343 g/mol. The average Bonchev–Trinajstić information content (AvgIpc) is 2.47. The molecule has 5 nitrogen and oxygen atoms in total. The summed E-state index contributed by atoms with van der Waals surface area (Å²) in [7, 11) is 1.51. The van der Waals surface area contributed by atoms with Gasteiger partial charge in [-0.15, -0.1) is 0 Å². The maximum atomic E-state index is 12.9. The summed E-state index contributed by atoms with van der Waals surface area (Å²) in [6.07, 6.45) is 0. The van der Waals surface area contributed by atoms with Crippen LogP contribution in [-0.4, -0.2) is 17.9 Å². The smallest absolute Gasteiger partial charge is 0.270 e. The Kier molecular flexibility index (Phi) is 4.32. The Morgan fingerprint density at radius 2 is 1.86 bits per heavy atom. The van der Waals surface area contributed by atoms with Crippen molar-refractivity contribution in [3.8, 4) is 0 Å². The molecule has 1 amide bonds. The Morgan fingerprint density at radius 1 is 1.24 bits per heavy atom. The first-order valence-electron chi connectivity index (χ1n) is 5.87. The van der Waals surface area contributed by atoms with Gasteiger partial charge in [0.25, 0.3) is 11.6 Å². The minimum Gasteiger partial charge on any atom is -0.311 e. The lowest BCUT2D eigenvalue weighted by molar-refractivity contribution is -0.384. The third-order valence-corrected chi connectivity index (χ3v) is 3.60. The second-order valence-electron chi connectivity index (χ2n) is 4.26. The highest BCUT2D eigenvalue weighted by Gasteiger charge is 2.19. The second-order valence-corrected chi connectivity index (χ2v) is 5.12. The van der Waals surface area contributed by atoms with Crippen molar-refractivity contribution in [2.24, 2.45) is 0 Å². The van der Waals surface area contributed by atoms with E-state index in [1.165, 1.54) is 54.4 Å². The first-order chi connectivity index (χ1) is 9.90. The Bertz CT molecular complexity index is 704. The van der Waals surface area contributed by atoms with Gasteiger partial charge in [0.1, 0.15) is 5.82 Å². The van der Waals surface area contributed by atoms with E-state index in [1.807, 2.05) is 0 Å². The fourth-order valence-corrected chi connectivity index (χ4v) is 2.17. The molecule has 0 radical (unpaired) electrons. The highest BCUT2D eigenvalue weighted by Crippen LogP contribution is 2.25. The number of hydrogen-bond donors (Lipinski definition) is 0. The van der Waals surface area contributed by atoms with Crippen LogP contribution < -0.4 is 4.90 Å². The fourth-order valence-electron chi connectivity index (χ4n) is 1.75. The third-order valence-electron chi connectivity index (χ3n) is 2.91. The Hall–Kier alpha value is -2.28. The monoisotopic (exact) mass is 352 g/mol. The molecule has 0 saturated heterocycles. The maximum Gasteiger partial charge on any atom is 0.270 e. The van der Waals surface area contributed by atoms with E-state index in [-0.39, 0.29) is 11.3 Å². The van der Waals surface area contributed by atoms with Crippen molar-refractivity contribution in [2.75, 3.05) is 11.9 Å². The largest absolute Gasteiger partial charge is 0.311 e. The second kappa shape index (κ2) is 6.01. The summed E-state index contributed by atoms with van der Waals surface area (Å²) in [5.41, 5.74) is 0.477. The minimum absolute atomic E-state index is 0.163. The number of halogens is 2. The van der Waals surface area contributed by atoms with Gasteiger partial charge in [0.05, 0.1) is 10.5 Å². The van der Waals surface area contributed by atoms with Gasteiger partial charge < -0.3 is 4.90 Å². The maximum absolute atomic E-state index is 12.9. The molecule has 0 atom stereocenters. The van der Waals surface area contributed by atoms with E-state index in [0.717, 1.165) is 0 Å². The van der Waals surface area contributed by atoms with Crippen LogP contribution in [0.4, 0.5) is 15.8 Å². The molecule has 0 aliphatic heterocycles. The van der Waals surface area contributed by atoms with E-state index in [2.05, 4.69) is 15.9 Å². The number of hydrogen-bond acceptors (Lipinski definition) is 3. The lowest BCUT2D eigenvalue weighted by Crippen LogP contribution is -2.26. The molecule has 0 aromatic heterocycles. The van der Waals surface area contributed by atoms with Gasteiger partial charge in [0, 0.05) is 29.3 Å². The number of anilines is 1. The van der Waals surface area contributed by atoms with Gasteiger partial charge >= 0.3 is 0 Å². The molecule has 2 aromatic rings. The van der Waals surface area contributed by atoms with E-state index in [9.17, 15) is 19.3 Å². The van der Waals surface area contributed by atoms with E-state index in [4.69, 9.17) is 0 Å². The number of nitrogens with zero attached hydrogens (tertiary/aromatic N) is 2. The van der Waals surface area contributed by atoms with E-state index < -0.39 is 16.6 Å². The van der Waals surface area contributed by atoms with Crippen molar-refractivity contribution in [2.45, 2.75) is 0 Å². The lowest BCUT2D eigenvalue weighted by Gasteiger charge is -2.18. The molecule has 0 spiro atoms. The molecule has 0 aliphatic carbocycles. The molecule has 0 bridgehead atoms. The molecule has 0 saturated carbocycles. The van der Waals surface area contributed by atoms with Crippen molar-refractivity contribution in [3.05, 3.63) is 68.4 Å². The number of rotatable bonds is 3. The predicted octanol–water partition coefficient (Wildman–Crippen LogP) is 3.77. The first-order valence-corrected chi connectivity index (χ1v) is 6.67. The molecule has 108 valence electrons. The van der Waals surface area contributed by atoms with Gasteiger partial charge in [-0.3, -0.25) is 14.9 Å². The average molecular weight is 353 g/mol. The standard InChI is InChI=1S/C14H10BrFN2O3/c1-17(10-4-2-9(16)3-5-10)14(19)12-8-11(18(20)21)6-7-13(12)15/h2-8H,1H3. The Balaban J connectivity index is 2.37. The molecule has 21 heavy (non-hydrogen) atoms. The van der Waals surface area contributed by atoms with Gasteiger partial charge in [-0.1, -0.05) is 0 Å². The normalized spacial score (nSPS) is 10.2. The summed E-state index contributed by atoms with van der Waals surface area (Å²) in [6.45, 7) is 0. The topological polar surface area (TPSA) is 63.5 Å². The molecule has 0 aliphatic rings. The number of amides is 1. The SMILES string of the molecule is CN(C(=O)c1cc([N+](=O)[O-])ccc1Br)c1ccc(F)cc1. The number of nitro benzene ring substituents is 1. The Labute approximate surface area is 128 Å². The molecule has 2 rings (SSSR count). The highest BCUT2D eigenvalue weighted by molar-refractivity contribution is 9.10. The fraction of sp³-hybridized carbons (Fsp3) is 0.0714. The molecule has 0 heterocycles. The lowest BCUT2D eigenvalue weighted by atomic mass is 10.1. The van der Waals surface area contributed by atoms with Crippen LogP contribution in [0.25, 0.3) is 0 Å². The van der Waals surface area contributed by atoms with Crippen molar-refractivity contribution in [3.63, 3.8) is 0 Å². The molecule has 0 unspecified atom stereocenters. The number of nitro groups is 1. The number of carbonyl (C=O) groups excluding carboxylic acids is 1. The molecule has 7 heteroatoms. The van der Waals surface area contributed by atoms with Crippen LogP contribution in [0.2, 0.25) is 0 Å². The summed E-state index contributed by atoms with van der Waals surface area (Å²) >= 11 is 3.20. The number of carbonyl (C=O) groups is 1. The molecule has 2 aromatic carbocycles. The summed E-state index contributed by atoms with van der Waals surface area (Å²) in [5.74, 6) is -0.840. The minimum atomic E-state index is -0.568. The van der Waals surface area contributed by atoms with Crippen LogP contribution in [0.5, 0.6) is 0 Å². The van der Waals surface area contributed by atoms with Gasteiger partial charge in [-0.25, -0.2) is 4.39 Å². The number of benzene rings is 2. The van der Waals surface area contributed by atoms with Gasteiger partial charge in [-0.2, -0.15) is 0 Å². The predicted molar refractivity (Wildman–Crippen MR) is 79.9 cm³/mol. The molecule has 0 N–H and O–H groups in total. The highest BCUT2D eigenvalue weighted by atomic mass is 79.9. The van der Waals surface area contributed by atoms with Crippen molar-refractivity contribution >= 4 is 33.2 Å². The summed E-state index contributed by atoms with van der Waals surface area (Å²) in [5, 5.41) is 10.8. The van der Waals surface area contributed by atoms with Crippen LogP contribution >= 0.6 is 15.9 Å². The van der Waals surface area contributed by atoms with Crippen LogP contribution in [0.1, 0.15) is 10.4 Å². The van der Waals surface area contributed by atoms with E-state index >= 15 is 0 Å². The van der Waals surface area contributed by atoms with Crippen LogP contribution in [-0.2, 0) is 0 Å². The van der Waals surface area contributed by atoms with Gasteiger partial charge in [-0.05, 0) is 46.3 Å². The first kappa shape index (κ1) is 15.1. The van der Waals surface area contributed by atoms with Crippen LogP contribution in [0.3, 0.4) is 0 Å². The van der Waals surface area contributed by atoms with Crippen molar-refractivity contribution in [1.82, 2.24) is 0 Å². The Morgan fingerprint density at radius 3 is 2.43 bits per heavy atom. The quantitative estimate of drug-likeness (QED) is 0.623. The zero-order chi connectivity index (χ0) is 15.6. The zero-order valence-corrected chi connectivity index (χ0v) is 12.5. The van der Waals surface area contributed by atoms with E-state index in [0.29, 0.717) is 10.2 Å². The summed E-state index contributed by atoms with van der Waals surface area (Å²) in [6, 6.07) is 9.34. The third kappa shape index (κ3) is 3.25. The van der Waals surface area contributed by atoms with E-state index in [1.54, 1.807) is 0 Å². The summed E-state index contributed by atoms with van der Waals surface area (Å²) < 4.78 is 13.3. The van der Waals surface area contributed by atoms with Gasteiger partial charge in [0.15, 0.2) is 0 Å². The van der Waals surface area contributed by atoms with Gasteiger partial charge in [0.2, 0.25) is 0 Å². The van der Waals surface area contributed by atoms with Crippen molar-refractivity contribution < 1.29 is 14.1 Å². The molecule has 0 fully saturated rings.